The van der Waals surface area contributed by atoms with Gasteiger partial charge in [-0.25, -0.2) is 4.79 Å². The predicted octanol–water partition coefficient (Wildman–Crippen LogP) is 3.60. The number of rotatable bonds is 21. The largest absolute Gasteiger partial charge is 0.481 e. The van der Waals surface area contributed by atoms with Gasteiger partial charge < -0.3 is 42.2 Å². The molecule has 0 aliphatic rings. The van der Waals surface area contributed by atoms with Crippen LogP contribution in [0.25, 0.3) is 0 Å². The molecule has 0 spiro atoms. The van der Waals surface area contributed by atoms with E-state index in [0.717, 1.165) is 5.56 Å². The smallest absolute Gasteiger partial charge is 0.312 e. The van der Waals surface area contributed by atoms with Crippen LogP contribution in [0, 0.1) is 22.7 Å². The minimum absolute atomic E-state index is 0.0740. The number of hydrogen-bond acceptors (Lipinski definition) is 8. The van der Waals surface area contributed by atoms with Gasteiger partial charge in [0.05, 0.1) is 17.8 Å². The van der Waals surface area contributed by atoms with Crippen molar-refractivity contribution < 1.29 is 43.4 Å². The Balaban J connectivity index is 2.77. The Morgan fingerprint density at radius 3 is 1.94 bits per heavy atom. The number of urea groups is 1. The molecule has 0 aliphatic heterocycles. The molecule has 1 aromatic carbocycles. The molecule has 15 heteroatoms. The molecule has 1 rings (SSSR count). The first-order valence-corrected chi connectivity index (χ1v) is 17.8. The number of aliphatic carboxylic acids is 1. The predicted molar refractivity (Wildman–Crippen MR) is 197 cm³/mol. The molecule has 0 aliphatic carbocycles. The number of ether oxygens (including phenoxy) is 1. The van der Waals surface area contributed by atoms with Crippen molar-refractivity contribution in [3.63, 3.8) is 0 Å². The molecular formula is C37H60N6O9. The summed E-state index contributed by atoms with van der Waals surface area (Å²) in [5, 5.41) is 22.7. The Hall–Kier alpha value is -4.69. The number of nitrogens with two attached hydrogens (primary N) is 1. The topological polar surface area (TPSA) is 235 Å². The summed E-state index contributed by atoms with van der Waals surface area (Å²) < 4.78 is 5.34. The van der Waals surface area contributed by atoms with Gasteiger partial charge in [-0.1, -0.05) is 53.2 Å². The summed E-state index contributed by atoms with van der Waals surface area (Å²) in [4.78, 5) is 86.6. The lowest BCUT2D eigenvalue weighted by Gasteiger charge is -2.28. The van der Waals surface area contributed by atoms with E-state index in [1.54, 1.807) is 58.9 Å². The molecule has 292 valence electrons. The second kappa shape index (κ2) is 21.6. The first-order valence-electron chi connectivity index (χ1n) is 17.8. The van der Waals surface area contributed by atoms with E-state index in [2.05, 4.69) is 26.6 Å². The molecule has 0 saturated carbocycles. The van der Waals surface area contributed by atoms with Crippen molar-refractivity contribution in [2.75, 3.05) is 18.4 Å². The number of nitrogens with one attached hydrogen (secondary N) is 5. The highest BCUT2D eigenvalue weighted by molar-refractivity contribution is 5.98. The molecule has 0 fully saturated rings. The summed E-state index contributed by atoms with van der Waals surface area (Å²) in [6.07, 6.45) is 2.09. The number of carbonyl (C=O) groups is 7. The van der Waals surface area contributed by atoms with Gasteiger partial charge in [-0.2, -0.15) is 0 Å². The highest BCUT2D eigenvalue weighted by Crippen LogP contribution is 2.29. The highest BCUT2D eigenvalue weighted by Gasteiger charge is 2.33. The normalized spacial score (nSPS) is 13.2. The highest BCUT2D eigenvalue weighted by atomic mass is 16.5. The Bertz CT molecular complexity index is 1370. The summed E-state index contributed by atoms with van der Waals surface area (Å²) in [5.41, 5.74) is 5.18. The van der Waals surface area contributed by atoms with Crippen LogP contribution in [0.15, 0.2) is 24.3 Å². The van der Waals surface area contributed by atoms with Crippen molar-refractivity contribution in [2.24, 2.45) is 28.4 Å². The molecular weight excluding hydrogens is 672 g/mol. The number of primary amides is 1. The zero-order chi connectivity index (χ0) is 39.6. The number of hydrogen-bond donors (Lipinski definition) is 7. The van der Waals surface area contributed by atoms with Crippen molar-refractivity contribution in [2.45, 2.75) is 119 Å². The molecule has 1 unspecified atom stereocenters. The Morgan fingerprint density at radius 1 is 0.788 bits per heavy atom. The summed E-state index contributed by atoms with van der Waals surface area (Å²) in [6.45, 7) is 14.9. The molecule has 3 atom stereocenters. The molecule has 0 heterocycles. The first-order chi connectivity index (χ1) is 24.1. The van der Waals surface area contributed by atoms with E-state index in [9.17, 15) is 33.6 Å². The molecule has 1 aromatic rings. The van der Waals surface area contributed by atoms with Crippen molar-refractivity contribution in [3.05, 3.63) is 29.8 Å². The fourth-order valence-electron chi connectivity index (χ4n) is 5.00. The minimum atomic E-state index is -1.04. The summed E-state index contributed by atoms with van der Waals surface area (Å²) in [7, 11) is 0. The van der Waals surface area contributed by atoms with Gasteiger partial charge in [0.1, 0.15) is 18.7 Å². The third-order valence-corrected chi connectivity index (χ3v) is 8.19. The van der Waals surface area contributed by atoms with Gasteiger partial charge in [0, 0.05) is 25.2 Å². The molecule has 0 radical (unpaired) electrons. The number of carbonyl (C=O) groups excluding carboxylic acids is 6. The first kappa shape index (κ1) is 45.3. The quantitative estimate of drug-likeness (QED) is 0.0721. The average molecular weight is 733 g/mol. The molecule has 0 aromatic heterocycles. The van der Waals surface area contributed by atoms with Crippen molar-refractivity contribution in [3.8, 4) is 0 Å². The van der Waals surface area contributed by atoms with Crippen molar-refractivity contribution in [1.82, 2.24) is 21.3 Å². The van der Waals surface area contributed by atoms with E-state index >= 15 is 0 Å². The van der Waals surface area contributed by atoms with Crippen LogP contribution in [0.5, 0.6) is 0 Å². The number of unbranched alkanes of at least 4 members (excludes halogenated alkanes) is 2. The molecule has 0 saturated heterocycles. The number of esters is 1. The van der Waals surface area contributed by atoms with Gasteiger partial charge in [-0.15, -0.1) is 0 Å². The van der Waals surface area contributed by atoms with E-state index in [1.165, 1.54) is 0 Å². The number of benzene rings is 1. The zero-order valence-corrected chi connectivity index (χ0v) is 32.0. The zero-order valence-electron chi connectivity index (χ0n) is 32.0. The maximum atomic E-state index is 13.4. The fourth-order valence-corrected chi connectivity index (χ4v) is 5.00. The number of amides is 6. The third-order valence-electron chi connectivity index (χ3n) is 8.19. The molecule has 52 heavy (non-hydrogen) atoms. The molecule has 0 bridgehead atoms. The van der Waals surface area contributed by atoms with Crippen LogP contribution in [-0.4, -0.2) is 71.9 Å². The second-order valence-corrected chi connectivity index (χ2v) is 15.4. The fraction of sp³-hybridized carbons (Fsp3) is 0.649. The summed E-state index contributed by atoms with van der Waals surface area (Å²) in [6, 6.07) is 4.08. The van der Waals surface area contributed by atoms with Crippen molar-refractivity contribution in [1.29, 1.82) is 0 Å². The summed E-state index contributed by atoms with van der Waals surface area (Å²) >= 11 is 0. The van der Waals surface area contributed by atoms with Crippen LogP contribution < -0.4 is 32.3 Å². The maximum absolute atomic E-state index is 13.4. The van der Waals surface area contributed by atoms with E-state index in [4.69, 9.17) is 15.6 Å². The van der Waals surface area contributed by atoms with E-state index in [1.807, 2.05) is 20.8 Å². The Morgan fingerprint density at radius 2 is 1.40 bits per heavy atom. The van der Waals surface area contributed by atoms with Crippen LogP contribution in [0.2, 0.25) is 0 Å². The maximum Gasteiger partial charge on any atom is 0.312 e. The van der Waals surface area contributed by atoms with Gasteiger partial charge in [-0.05, 0) is 75.5 Å². The van der Waals surface area contributed by atoms with Crippen LogP contribution >= 0.6 is 0 Å². The lowest BCUT2D eigenvalue weighted by molar-refractivity contribution is -0.154. The van der Waals surface area contributed by atoms with Gasteiger partial charge in [0.2, 0.25) is 23.6 Å². The number of anilines is 1. The van der Waals surface area contributed by atoms with Gasteiger partial charge >= 0.3 is 18.0 Å². The molecule has 15 nitrogen and oxygen atoms in total. The van der Waals surface area contributed by atoms with E-state index in [0.29, 0.717) is 37.9 Å². The van der Waals surface area contributed by atoms with Gasteiger partial charge in [-0.3, -0.25) is 28.8 Å². The Kier molecular flexibility index (Phi) is 18.8. The van der Waals surface area contributed by atoms with Crippen LogP contribution in [-0.2, 0) is 40.1 Å². The number of carboxylic acids is 1. The number of carboxylic acid groups (broad SMARTS) is 1. The monoisotopic (exact) mass is 732 g/mol. The minimum Gasteiger partial charge on any atom is -0.481 e. The van der Waals surface area contributed by atoms with Crippen LogP contribution in [0.4, 0.5) is 10.5 Å². The lowest BCUT2D eigenvalue weighted by atomic mass is 9.78. The van der Waals surface area contributed by atoms with Crippen LogP contribution in [0.1, 0.15) is 106 Å². The molecule has 8 N–H and O–H groups in total. The van der Waals surface area contributed by atoms with E-state index in [-0.39, 0.29) is 56.1 Å². The lowest BCUT2D eigenvalue weighted by Crippen LogP contribution is -2.54. The SMILES string of the molecule is CC(C)[C@H](NC(=O)CCCCCNC(=O)C(CC(=O)O)C(C)(C)C)C(=O)N[C@@H](CCCNC(N)=O)C(=O)Nc1ccc(COC(=O)C(C)(C)C)cc1. The average Bonchev–Trinajstić information content (AvgIpc) is 3.03. The molecule has 6 amide bonds. The van der Waals surface area contributed by atoms with Gasteiger partial charge in [0.25, 0.3) is 0 Å². The standard InChI is InChI=1S/C37H60N6O9/c1-23(2)30(43-28(44)14-10-9-11-19-39-31(47)26(21-29(45)46)36(3,4)5)33(49)42-27(13-12-20-40-35(38)51)32(48)41-25-17-15-24(16-18-25)22-52-34(50)37(6,7)8/h15-18,23,26-27,30H,9-14,19-22H2,1-8H3,(H,39,47)(H,41,48)(H,42,49)(H,43,44)(H,45,46)(H3,38,40,51)/t26?,27-,30-/m0/s1. The van der Waals surface area contributed by atoms with Crippen LogP contribution in [0.3, 0.4) is 0 Å². The summed E-state index contributed by atoms with van der Waals surface area (Å²) in [5.74, 6) is -4.05. The van der Waals surface area contributed by atoms with Gasteiger partial charge in [0.15, 0.2) is 0 Å². The third kappa shape index (κ3) is 18.0. The Labute approximate surface area is 307 Å². The van der Waals surface area contributed by atoms with E-state index < -0.39 is 52.6 Å². The van der Waals surface area contributed by atoms with Crippen molar-refractivity contribution >= 4 is 47.3 Å². The second-order valence-electron chi connectivity index (χ2n) is 15.4.